The summed E-state index contributed by atoms with van der Waals surface area (Å²) < 4.78 is 19.2. The first-order valence-electron chi connectivity index (χ1n) is 10.5. The lowest BCUT2D eigenvalue weighted by molar-refractivity contribution is -0.0936. The molecule has 8 nitrogen and oxygen atoms in total. The van der Waals surface area contributed by atoms with Crippen molar-refractivity contribution in [3.05, 3.63) is 47.4 Å². The zero-order valence-electron chi connectivity index (χ0n) is 18.1. The first-order valence-corrected chi connectivity index (χ1v) is 10.5. The van der Waals surface area contributed by atoms with E-state index in [0.717, 1.165) is 30.6 Å². The van der Waals surface area contributed by atoms with Crippen molar-refractivity contribution in [2.45, 2.75) is 24.9 Å². The Morgan fingerprint density at radius 3 is 2.61 bits per heavy atom. The van der Waals surface area contributed by atoms with Gasteiger partial charge in [0.25, 0.3) is 5.91 Å². The third-order valence-electron chi connectivity index (χ3n) is 6.54. The van der Waals surface area contributed by atoms with Crippen molar-refractivity contribution in [3.8, 4) is 11.5 Å². The van der Waals surface area contributed by atoms with Crippen molar-refractivity contribution >= 4 is 17.1 Å². The topological polar surface area (TPSA) is 78.7 Å². The number of hydrogen-bond donors (Lipinski definition) is 0. The standard InChI is InChI=1S/C23H26N4O4/c1-26-14-25-20-16(4-8-24-21(20)26)22(28)27-9-6-23(7-10-27)17-13-19(30-3)18(29-2)12-15(17)5-11-31-23/h4,8,12-14H,5-7,9-11H2,1-3H3. The summed E-state index contributed by atoms with van der Waals surface area (Å²) in [5, 5.41) is 0. The summed E-state index contributed by atoms with van der Waals surface area (Å²) in [6, 6.07) is 5.86. The first-order chi connectivity index (χ1) is 15.1. The summed E-state index contributed by atoms with van der Waals surface area (Å²) in [5.41, 5.74) is 3.93. The van der Waals surface area contributed by atoms with Crippen LogP contribution in [0.1, 0.15) is 34.3 Å². The van der Waals surface area contributed by atoms with Gasteiger partial charge in [0.05, 0.1) is 38.3 Å². The van der Waals surface area contributed by atoms with Crippen LogP contribution in [0.2, 0.25) is 0 Å². The molecule has 0 N–H and O–H groups in total. The van der Waals surface area contributed by atoms with Gasteiger partial charge in [-0.2, -0.15) is 0 Å². The van der Waals surface area contributed by atoms with E-state index in [2.05, 4.69) is 16.0 Å². The normalized spacial score (nSPS) is 17.6. The Bertz CT molecular complexity index is 1150. The Hall–Kier alpha value is -3.13. The van der Waals surface area contributed by atoms with Crippen molar-refractivity contribution in [3.63, 3.8) is 0 Å². The molecule has 162 valence electrons. The van der Waals surface area contributed by atoms with E-state index < -0.39 is 5.60 Å². The number of likely N-dealkylation sites (tertiary alicyclic amines) is 1. The number of nitrogens with zero attached hydrogens (tertiary/aromatic N) is 4. The molecule has 8 heteroatoms. The average molecular weight is 422 g/mol. The van der Waals surface area contributed by atoms with E-state index in [1.54, 1.807) is 32.8 Å². The largest absolute Gasteiger partial charge is 0.493 e. The number of carbonyl (C=O) groups is 1. The Balaban J connectivity index is 1.41. The number of hydrogen-bond acceptors (Lipinski definition) is 6. The Morgan fingerprint density at radius 2 is 1.87 bits per heavy atom. The minimum Gasteiger partial charge on any atom is -0.493 e. The predicted molar refractivity (Wildman–Crippen MR) is 115 cm³/mol. The Labute approximate surface area is 180 Å². The molecule has 1 saturated heterocycles. The monoisotopic (exact) mass is 422 g/mol. The number of aromatic nitrogens is 3. The minimum atomic E-state index is -0.400. The number of rotatable bonds is 3. The molecule has 3 aromatic rings. The third kappa shape index (κ3) is 3.13. The Morgan fingerprint density at radius 1 is 1.13 bits per heavy atom. The van der Waals surface area contributed by atoms with E-state index in [1.807, 2.05) is 22.6 Å². The summed E-state index contributed by atoms with van der Waals surface area (Å²) >= 11 is 0. The van der Waals surface area contributed by atoms with Crippen LogP contribution in [-0.2, 0) is 23.8 Å². The maximum absolute atomic E-state index is 13.3. The third-order valence-corrected chi connectivity index (χ3v) is 6.54. The molecule has 0 bridgehead atoms. The molecule has 5 rings (SSSR count). The maximum Gasteiger partial charge on any atom is 0.256 e. The first kappa shape index (κ1) is 19.8. The predicted octanol–water partition coefficient (Wildman–Crippen LogP) is 2.69. The zero-order valence-corrected chi connectivity index (χ0v) is 18.1. The molecule has 1 spiro atoms. The number of fused-ring (bicyclic) bond motifs is 3. The quantitative estimate of drug-likeness (QED) is 0.646. The van der Waals surface area contributed by atoms with E-state index in [0.29, 0.717) is 42.2 Å². The fourth-order valence-electron chi connectivity index (χ4n) is 4.84. The van der Waals surface area contributed by atoms with Gasteiger partial charge in [0.2, 0.25) is 0 Å². The number of methoxy groups -OCH3 is 2. The molecule has 0 unspecified atom stereocenters. The lowest BCUT2D eigenvalue weighted by atomic mass is 9.79. The lowest BCUT2D eigenvalue weighted by Crippen LogP contribution is -2.48. The summed E-state index contributed by atoms with van der Waals surface area (Å²) in [4.78, 5) is 23.9. The van der Waals surface area contributed by atoms with Crippen LogP contribution in [0, 0.1) is 0 Å². The van der Waals surface area contributed by atoms with Crippen LogP contribution in [0.15, 0.2) is 30.7 Å². The van der Waals surface area contributed by atoms with E-state index in [4.69, 9.17) is 14.2 Å². The summed E-state index contributed by atoms with van der Waals surface area (Å²) in [6.45, 7) is 1.89. The molecule has 1 fully saturated rings. The van der Waals surface area contributed by atoms with E-state index in [-0.39, 0.29) is 5.91 Å². The second-order valence-corrected chi connectivity index (χ2v) is 8.14. The molecule has 1 aromatic carbocycles. The molecule has 0 radical (unpaired) electrons. The molecular formula is C23H26N4O4. The number of amides is 1. The highest BCUT2D eigenvalue weighted by atomic mass is 16.5. The maximum atomic E-state index is 13.3. The van der Waals surface area contributed by atoms with Crippen molar-refractivity contribution < 1.29 is 19.0 Å². The van der Waals surface area contributed by atoms with Crippen LogP contribution in [0.5, 0.6) is 11.5 Å². The molecule has 2 aliphatic rings. The van der Waals surface area contributed by atoms with Gasteiger partial charge in [-0.05, 0) is 48.6 Å². The van der Waals surface area contributed by atoms with Gasteiger partial charge < -0.3 is 23.7 Å². The van der Waals surface area contributed by atoms with Crippen LogP contribution < -0.4 is 9.47 Å². The zero-order chi connectivity index (χ0) is 21.6. The number of ether oxygens (including phenoxy) is 3. The molecule has 0 atom stereocenters. The highest BCUT2D eigenvalue weighted by molar-refractivity contribution is 6.04. The van der Waals surface area contributed by atoms with Gasteiger partial charge in [-0.25, -0.2) is 9.97 Å². The second-order valence-electron chi connectivity index (χ2n) is 8.14. The number of pyridine rings is 1. The van der Waals surface area contributed by atoms with Crippen molar-refractivity contribution in [1.82, 2.24) is 19.4 Å². The Kier molecular flexibility index (Phi) is 4.81. The molecule has 2 aliphatic heterocycles. The van der Waals surface area contributed by atoms with Gasteiger partial charge in [0, 0.05) is 26.3 Å². The van der Waals surface area contributed by atoms with Gasteiger partial charge in [0.1, 0.15) is 5.52 Å². The average Bonchev–Trinajstić information content (AvgIpc) is 3.19. The highest BCUT2D eigenvalue weighted by Gasteiger charge is 2.42. The molecule has 0 aliphatic carbocycles. The SMILES string of the molecule is COc1cc2c(cc1OC)C1(CCN(C(=O)c3ccnc4c3ncn4C)CC1)OCC2. The van der Waals surface area contributed by atoms with Gasteiger partial charge in [-0.15, -0.1) is 0 Å². The fourth-order valence-corrected chi connectivity index (χ4v) is 4.84. The van der Waals surface area contributed by atoms with Crippen molar-refractivity contribution in [2.24, 2.45) is 7.05 Å². The number of benzene rings is 1. The number of piperidine rings is 1. The summed E-state index contributed by atoms with van der Waals surface area (Å²) in [7, 11) is 5.18. The summed E-state index contributed by atoms with van der Waals surface area (Å²) in [6.07, 6.45) is 5.67. The fraction of sp³-hybridized carbons (Fsp3) is 0.435. The van der Waals surface area contributed by atoms with Gasteiger partial charge in [-0.3, -0.25) is 4.79 Å². The van der Waals surface area contributed by atoms with E-state index in [1.165, 1.54) is 5.56 Å². The van der Waals surface area contributed by atoms with Crippen molar-refractivity contribution in [1.29, 1.82) is 0 Å². The smallest absolute Gasteiger partial charge is 0.256 e. The number of carbonyl (C=O) groups excluding carboxylic acids is 1. The van der Waals surface area contributed by atoms with Crippen molar-refractivity contribution in [2.75, 3.05) is 33.9 Å². The molecule has 0 saturated carbocycles. The van der Waals surface area contributed by atoms with Gasteiger partial charge in [0.15, 0.2) is 17.1 Å². The van der Waals surface area contributed by atoms with Gasteiger partial charge in [-0.1, -0.05) is 0 Å². The number of imidazole rings is 1. The molecule has 31 heavy (non-hydrogen) atoms. The van der Waals surface area contributed by atoms with E-state index >= 15 is 0 Å². The molecular weight excluding hydrogens is 396 g/mol. The van der Waals surface area contributed by atoms with E-state index in [9.17, 15) is 4.79 Å². The van der Waals surface area contributed by atoms with Crippen LogP contribution in [0.4, 0.5) is 0 Å². The van der Waals surface area contributed by atoms with Crippen LogP contribution in [0.25, 0.3) is 11.2 Å². The second kappa shape index (κ2) is 7.53. The van der Waals surface area contributed by atoms with Crippen LogP contribution in [0.3, 0.4) is 0 Å². The summed E-state index contributed by atoms with van der Waals surface area (Å²) in [5.74, 6) is 1.44. The molecule has 2 aromatic heterocycles. The molecule has 4 heterocycles. The van der Waals surface area contributed by atoms with Crippen LogP contribution in [-0.4, -0.2) is 59.3 Å². The lowest BCUT2D eigenvalue weighted by Gasteiger charge is -2.45. The highest BCUT2D eigenvalue weighted by Crippen LogP contribution is 2.45. The molecule has 1 amide bonds. The van der Waals surface area contributed by atoms with Gasteiger partial charge >= 0.3 is 0 Å². The number of aryl methyl sites for hydroxylation is 1. The van der Waals surface area contributed by atoms with Crippen LogP contribution >= 0.6 is 0 Å². The minimum absolute atomic E-state index is 0.00991.